The molecule has 0 saturated carbocycles. The number of thioether (sulfide) groups is 1. The predicted octanol–water partition coefficient (Wildman–Crippen LogP) is 5.28. The van der Waals surface area contributed by atoms with E-state index < -0.39 is 10.1 Å². The lowest BCUT2D eigenvalue weighted by molar-refractivity contribution is 0.109. The molecule has 0 spiro atoms. The average molecular weight is 629 g/mol. The first kappa shape index (κ1) is 32.4. The highest BCUT2D eigenvalue weighted by Crippen LogP contribution is 2.44. The van der Waals surface area contributed by atoms with Crippen LogP contribution in [-0.2, 0) is 23.0 Å². The Morgan fingerprint density at radius 2 is 1.76 bits per heavy atom. The van der Waals surface area contributed by atoms with E-state index in [0.29, 0.717) is 24.6 Å². The van der Waals surface area contributed by atoms with Gasteiger partial charge in [-0.2, -0.15) is 8.42 Å². The zero-order valence-corrected chi connectivity index (χ0v) is 26.7. The van der Waals surface area contributed by atoms with Gasteiger partial charge in [0.2, 0.25) is 0 Å². The molecule has 2 aliphatic rings. The molecule has 8 nitrogen and oxygen atoms in total. The van der Waals surface area contributed by atoms with Gasteiger partial charge in [-0.05, 0) is 91.8 Å². The van der Waals surface area contributed by atoms with Crippen molar-refractivity contribution in [3.8, 4) is 5.75 Å². The van der Waals surface area contributed by atoms with Crippen LogP contribution in [0.4, 0.5) is 0 Å². The zero-order valence-electron chi connectivity index (χ0n) is 24.3. The number of nitrogens with zero attached hydrogens (tertiary/aromatic N) is 2. The van der Waals surface area contributed by atoms with Gasteiger partial charge in [0.25, 0.3) is 10.1 Å². The smallest absolute Gasteiger partial charge is 0.261 e. The highest BCUT2D eigenvalue weighted by Gasteiger charge is 2.29. The van der Waals surface area contributed by atoms with Crippen molar-refractivity contribution in [2.45, 2.75) is 33.6 Å². The van der Waals surface area contributed by atoms with Gasteiger partial charge in [0.05, 0.1) is 6.26 Å². The van der Waals surface area contributed by atoms with Crippen LogP contribution in [0.5, 0.6) is 5.75 Å². The van der Waals surface area contributed by atoms with E-state index in [1.165, 1.54) is 38.9 Å². The van der Waals surface area contributed by atoms with Crippen LogP contribution in [0.3, 0.4) is 0 Å². The van der Waals surface area contributed by atoms with E-state index in [0.717, 1.165) is 42.4 Å². The van der Waals surface area contributed by atoms with Crippen LogP contribution in [0, 0.1) is 0 Å². The Labute approximate surface area is 257 Å². The molecule has 6 rings (SSSR count). The molecule has 42 heavy (non-hydrogen) atoms. The predicted molar refractivity (Wildman–Crippen MR) is 174 cm³/mol. The van der Waals surface area contributed by atoms with Gasteiger partial charge < -0.3 is 20.7 Å². The number of phenols is 1. The van der Waals surface area contributed by atoms with Crippen molar-refractivity contribution in [2.24, 2.45) is 5.73 Å². The number of benzene rings is 3. The quantitative estimate of drug-likeness (QED) is 0.177. The number of phenolic OH excluding ortho intramolecular Hbond substituents is 1. The van der Waals surface area contributed by atoms with Crippen molar-refractivity contribution in [1.82, 2.24) is 14.8 Å². The van der Waals surface area contributed by atoms with E-state index in [1.54, 1.807) is 12.1 Å². The van der Waals surface area contributed by atoms with Crippen LogP contribution >= 0.6 is 23.5 Å². The standard InChI is InChI=1S/C20H24N2S2.C10H12N2O.CH4O3S/c1-21-9-11-22(12-10-21)18-13-15-5-3-4-6-19(15)24-20-8-7-16(23-2)14-17(18)20;11-4-3-7-6-12-10-2-1-8(13)5-9(7)10;1-5(2,3)4/h3-8,14,18H,9-13H2,1-2H3;1-2,5-6,12-13H,3-4,11H2;1H3,(H,2,3,4). The SMILES string of the molecule is CS(=O)(=O)O.CSc1ccc2c(c1)C(N1CCN(C)CC1)Cc1ccccc1S2.NCCc1c[nH]c2ccc(O)cc12. The molecular weight excluding hydrogens is 589 g/mol. The summed E-state index contributed by atoms with van der Waals surface area (Å²) in [5.41, 5.74) is 10.7. The summed E-state index contributed by atoms with van der Waals surface area (Å²) in [6, 6.07) is 21.8. The Morgan fingerprint density at radius 1 is 1.05 bits per heavy atom. The molecule has 2 aliphatic heterocycles. The van der Waals surface area contributed by atoms with Crippen LogP contribution in [0.2, 0.25) is 0 Å². The number of hydrogen-bond donors (Lipinski definition) is 4. The number of H-pyrrole nitrogens is 1. The molecule has 5 N–H and O–H groups in total. The molecule has 226 valence electrons. The zero-order chi connectivity index (χ0) is 30.3. The molecular formula is C31H40N4O4S3. The van der Waals surface area contributed by atoms with Gasteiger partial charge in [-0.25, -0.2) is 0 Å². The van der Waals surface area contributed by atoms with E-state index in [-0.39, 0.29) is 0 Å². The maximum Gasteiger partial charge on any atom is 0.261 e. The lowest BCUT2D eigenvalue weighted by Crippen LogP contribution is -2.46. The fraction of sp³-hybridized carbons (Fsp3) is 0.355. The summed E-state index contributed by atoms with van der Waals surface area (Å²) in [5.74, 6) is 0.297. The van der Waals surface area contributed by atoms with Crippen LogP contribution in [0.15, 0.2) is 81.5 Å². The highest BCUT2D eigenvalue weighted by atomic mass is 32.2. The third-order valence-electron chi connectivity index (χ3n) is 7.33. The summed E-state index contributed by atoms with van der Waals surface area (Å²) in [5, 5.41) is 10.4. The van der Waals surface area contributed by atoms with Gasteiger partial charge in [-0.1, -0.05) is 30.0 Å². The number of nitrogens with two attached hydrogens (primary N) is 1. The molecule has 1 aromatic heterocycles. The number of aromatic nitrogens is 1. The maximum atomic E-state index is 9.30. The number of nitrogens with one attached hydrogen (secondary N) is 1. The van der Waals surface area contributed by atoms with E-state index in [1.807, 2.05) is 35.8 Å². The molecule has 0 bridgehead atoms. The number of aromatic amines is 1. The minimum atomic E-state index is -3.67. The second kappa shape index (κ2) is 14.8. The van der Waals surface area contributed by atoms with Crippen LogP contribution < -0.4 is 5.73 Å². The third-order valence-corrected chi connectivity index (χ3v) is 9.26. The number of likely N-dealkylation sites (N-methyl/N-ethyl adjacent to an activating group) is 1. The topological polar surface area (TPSA) is 123 Å². The van der Waals surface area contributed by atoms with Crippen LogP contribution in [0.1, 0.15) is 22.7 Å². The summed E-state index contributed by atoms with van der Waals surface area (Å²) in [7, 11) is -1.44. The second-order valence-corrected chi connectivity index (χ2v) is 13.9. The molecule has 1 saturated heterocycles. The van der Waals surface area contributed by atoms with Crippen molar-refractivity contribution < 1.29 is 18.1 Å². The molecule has 11 heteroatoms. The van der Waals surface area contributed by atoms with E-state index in [2.05, 4.69) is 70.6 Å². The average Bonchev–Trinajstić information content (AvgIpc) is 3.26. The van der Waals surface area contributed by atoms with Crippen molar-refractivity contribution in [2.75, 3.05) is 52.3 Å². The van der Waals surface area contributed by atoms with Gasteiger partial charge in [-0.15, -0.1) is 11.8 Å². The van der Waals surface area contributed by atoms with E-state index in [4.69, 9.17) is 10.3 Å². The monoisotopic (exact) mass is 628 g/mol. The van der Waals surface area contributed by atoms with Crippen LogP contribution in [-0.4, -0.2) is 85.1 Å². The molecule has 1 atom stereocenters. The first-order valence-electron chi connectivity index (χ1n) is 13.8. The first-order chi connectivity index (χ1) is 20.1. The molecule has 0 radical (unpaired) electrons. The third kappa shape index (κ3) is 9.00. The number of aromatic hydroxyl groups is 1. The Kier molecular flexibility index (Phi) is 11.4. The molecule has 3 aromatic carbocycles. The lowest BCUT2D eigenvalue weighted by Gasteiger charge is -2.38. The molecule has 1 unspecified atom stereocenters. The summed E-state index contributed by atoms with van der Waals surface area (Å²) in [6.45, 7) is 5.29. The van der Waals surface area contributed by atoms with Gasteiger partial charge in [0.1, 0.15) is 5.75 Å². The summed E-state index contributed by atoms with van der Waals surface area (Å²) < 4.78 is 25.9. The minimum Gasteiger partial charge on any atom is -0.508 e. The molecule has 0 aliphatic carbocycles. The van der Waals surface area contributed by atoms with Crippen molar-refractivity contribution in [3.05, 3.63) is 83.6 Å². The van der Waals surface area contributed by atoms with Gasteiger partial charge >= 0.3 is 0 Å². The first-order valence-corrected chi connectivity index (χ1v) is 17.7. The molecule has 4 aromatic rings. The summed E-state index contributed by atoms with van der Waals surface area (Å²) in [4.78, 5) is 12.5. The number of fused-ring (bicyclic) bond motifs is 3. The summed E-state index contributed by atoms with van der Waals surface area (Å²) >= 11 is 3.79. The van der Waals surface area contributed by atoms with Crippen molar-refractivity contribution in [1.29, 1.82) is 0 Å². The van der Waals surface area contributed by atoms with Crippen molar-refractivity contribution in [3.63, 3.8) is 0 Å². The Bertz CT molecular complexity index is 1580. The molecule has 1 fully saturated rings. The van der Waals surface area contributed by atoms with Crippen LogP contribution in [0.25, 0.3) is 10.9 Å². The Hall–Kier alpha value is -2.51. The Balaban J connectivity index is 0.000000188. The van der Waals surface area contributed by atoms with Gasteiger partial charge in [0, 0.05) is 64.0 Å². The van der Waals surface area contributed by atoms with E-state index in [9.17, 15) is 13.5 Å². The maximum absolute atomic E-state index is 9.30. The number of rotatable bonds is 4. The largest absolute Gasteiger partial charge is 0.508 e. The fourth-order valence-electron chi connectivity index (χ4n) is 5.20. The van der Waals surface area contributed by atoms with E-state index >= 15 is 0 Å². The molecule has 3 heterocycles. The normalized spacial score (nSPS) is 17.2. The second-order valence-electron chi connectivity index (χ2n) is 10.5. The highest BCUT2D eigenvalue weighted by molar-refractivity contribution is 7.99. The number of piperazine rings is 1. The van der Waals surface area contributed by atoms with Gasteiger partial charge in [0.15, 0.2) is 0 Å². The van der Waals surface area contributed by atoms with Gasteiger partial charge in [-0.3, -0.25) is 9.45 Å². The Morgan fingerprint density at radius 3 is 2.45 bits per heavy atom. The fourth-order valence-corrected chi connectivity index (χ4v) is 6.77. The number of hydrogen-bond acceptors (Lipinski definition) is 8. The summed E-state index contributed by atoms with van der Waals surface area (Å²) in [6.07, 6.45) is 6.79. The molecule has 0 amide bonds. The lowest BCUT2D eigenvalue weighted by atomic mass is 9.96. The minimum absolute atomic E-state index is 0.297. The van der Waals surface area contributed by atoms with Crippen molar-refractivity contribution >= 4 is 44.5 Å².